The molecular formula is C11H11NO3S. The van der Waals surface area contributed by atoms with Gasteiger partial charge in [0.1, 0.15) is 5.92 Å². The monoisotopic (exact) mass is 237 g/mol. The highest BCUT2D eigenvalue weighted by Crippen LogP contribution is 2.24. The van der Waals surface area contributed by atoms with Crippen molar-refractivity contribution in [3.05, 3.63) is 28.5 Å². The van der Waals surface area contributed by atoms with E-state index in [4.69, 9.17) is 5.11 Å². The lowest BCUT2D eigenvalue weighted by molar-refractivity contribution is -0.146. The van der Waals surface area contributed by atoms with Crippen LogP contribution in [-0.4, -0.2) is 22.9 Å². The molecule has 0 bridgehead atoms. The van der Waals surface area contributed by atoms with Crippen molar-refractivity contribution in [3.63, 3.8) is 0 Å². The number of carbonyl (C=O) groups excluding carboxylic acids is 1. The number of hydrogen-bond donors (Lipinski definition) is 2. The maximum Gasteiger partial charge on any atom is 0.316 e. The Labute approximate surface area is 96.6 Å². The molecule has 16 heavy (non-hydrogen) atoms. The van der Waals surface area contributed by atoms with E-state index in [-0.39, 0.29) is 11.8 Å². The number of hydrogen-bond acceptors (Lipinski definition) is 4. The number of rotatable bonds is 2. The Balaban J connectivity index is 2.31. The Bertz CT molecular complexity index is 450. The van der Waals surface area contributed by atoms with Gasteiger partial charge in [-0.05, 0) is 18.4 Å². The topological polar surface area (TPSA) is 66.4 Å². The molecule has 2 heterocycles. The number of ketones is 1. The van der Waals surface area contributed by atoms with Gasteiger partial charge < -0.3 is 10.4 Å². The average Bonchev–Trinajstić information content (AvgIpc) is 2.67. The number of aliphatic carboxylic acids is 1. The summed E-state index contributed by atoms with van der Waals surface area (Å²) in [6.07, 6.45) is 1.38. The van der Waals surface area contributed by atoms with E-state index in [1.807, 2.05) is 17.5 Å². The molecule has 0 aliphatic carbocycles. The minimum atomic E-state index is -1.08. The largest absolute Gasteiger partial charge is 0.481 e. The highest BCUT2D eigenvalue weighted by atomic mass is 32.1. The van der Waals surface area contributed by atoms with E-state index >= 15 is 0 Å². The maximum absolute atomic E-state index is 11.7. The van der Waals surface area contributed by atoms with Crippen LogP contribution in [0, 0.1) is 5.92 Å². The van der Waals surface area contributed by atoms with Crippen LogP contribution in [0.5, 0.6) is 0 Å². The van der Waals surface area contributed by atoms with Gasteiger partial charge in [-0.3, -0.25) is 9.59 Å². The van der Waals surface area contributed by atoms with E-state index in [1.54, 1.807) is 6.92 Å². The zero-order valence-electron chi connectivity index (χ0n) is 8.64. The standard InChI is InChI=1S/C11H11NO3S/c1-6-10(11(14)15)8(13)5-7(12-6)9-3-2-4-16-9/h2-6,10,12H,1H3,(H,14,15). The Morgan fingerprint density at radius 2 is 2.31 bits per heavy atom. The smallest absolute Gasteiger partial charge is 0.316 e. The fourth-order valence-electron chi connectivity index (χ4n) is 1.76. The minimum Gasteiger partial charge on any atom is -0.481 e. The quantitative estimate of drug-likeness (QED) is 0.762. The van der Waals surface area contributed by atoms with Crippen molar-refractivity contribution >= 4 is 28.8 Å². The molecule has 0 amide bonds. The van der Waals surface area contributed by atoms with Crippen molar-refractivity contribution in [1.82, 2.24) is 5.32 Å². The van der Waals surface area contributed by atoms with Crippen LogP contribution >= 0.6 is 11.3 Å². The van der Waals surface area contributed by atoms with Gasteiger partial charge in [0.15, 0.2) is 5.78 Å². The average molecular weight is 237 g/mol. The van der Waals surface area contributed by atoms with Crippen molar-refractivity contribution in [2.24, 2.45) is 5.92 Å². The van der Waals surface area contributed by atoms with Gasteiger partial charge in [-0.15, -0.1) is 11.3 Å². The summed E-state index contributed by atoms with van der Waals surface area (Å²) in [6.45, 7) is 1.71. The van der Waals surface area contributed by atoms with E-state index in [0.717, 1.165) is 4.88 Å². The van der Waals surface area contributed by atoms with E-state index < -0.39 is 11.9 Å². The first kappa shape index (κ1) is 10.9. The Morgan fingerprint density at radius 3 is 2.81 bits per heavy atom. The number of allylic oxidation sites excluding steroid dienone is 1. The molecule has 84 valence electrons. The van der Waals surface area contributed by atoms with Gasteiger partial charge in [0.2, 0.25) is 0 Å². The lowest BCUT2D eigenvalue weighted by Gasteiger charge is -2.26. The van der Waals surface area contributed by atoms with Gasteiger partial charge in [0.05, 0.1) is 10.6 Å². The fraction of sp³-hybridized carbons (Fsp3) is 0.273. The third-order valence-corrected chi connectivity index (χ3v) is 3.43. The summed E-state index contributed by atoms with van der Waals surface area (Å²) < 4.78 is 0. The molecule has 2 N–H and O–H groups in total. The molecule has 0 aromatic carbocycles. The molecule has 0 spiro atoms. The number of nitrogens with one attached hydrogen (secondary N) is 1. The molecule has 0 radical (unpaired) electrons. The van der Waals surface area contributed by atoms with Gasteiger partial charge in [-0.25, -0.2) is 0 Å². The number of carbonyl (C=O) groups is 2. The van der Waals surface area contributed by atoms with Crippen LogP contribution in [-0.2, 0) is 9.59 Å². The first-order valence-corrected chi connectivity index (χ1v) is 5.76. The predicted octanol–water partition coefficient (Wildman–Crippen LogP) is 1.35. The number of thiophene rings is 1. The predicted molar refractivity (Wildman–Crippen MR) is 61.0 cm³/mol. The summed E-state index contributed by atoms with van der Waals surface area (Å²) in [4.78, 5) is 23.5. The van der Waals surface area contributed by atoms with E-state index in [0.29, 0.717) is 5.70 Å². The summed E-state index contributed by atoms with van der Waals surface area (Å²) >= 11 is 1.51. The molecule has 1 aromatic heterocycles. The molecule has 5 heteroatoms. The maximum atomic E-state index is 11.7. The molecule has 1 aliphatic rings. The van der Waals surface area contributed by atoms with E-state index in [9.17, 15) is 9.59 Å². The van der Waals surface area contributed by atoms with Crippen molar-refractivity contribution < 1.29 is 14.7 Å². The van der Waals surface area contributed by atoms with Crippen molar-refractivity contribution in [2.75, 3.05) is 0 Å². The second-order valence-corrected chi connectivity index (χ2v) is 4.63. The molecule has 1 aromatic rings. The zero-order valence-corrected chi connectivity index (χ0v) is 9.45. The van der Waals surface area contributed by atoms with Crippen LogP contribution in [0.4, 0.5) is 0 Å². The fourth-order valence-corrected chi connectivity index (χ4v) is 2.46. The van der Waals surface area contributed by atoms with Crippen molar-refractivity contribution in [3.8, 4) is 0 Å². The minimum absolute atomic E-state index is 0.345. The van der Waals surface area contributed by atoms with Crippen molar-refractivity contribution in [1.29, 1.82) is 0 Å². The van der Waals surface area contributed by atoms with Crippen LogP contribution in [0.2, 0.25) is 0 Å². The SMILES string of the molecule is CC1NC(c2cccs2)=CC(=O)C1C(=O)O. The van der Waals surface area contributed by atoms with Gasteiger partial charge in [0, 0.05) is 12.1 Å². The Kier molecular flexibility index (Phi) is 2.78. The molecule has 1 aliphatic heterocycles. The molecule has 2 atom stereocenters. The summed E-state index contributed by atoms with van der Waals surface area (Å²) in [7, 11) is 0. The van der Waals surface area contributed by atoms with Gasteiger partial charge in [-0.1, -0.05) is 6.07 Å². The number of carboxylic acids is 1. The summed E-state index contributed by atoms with van der Waals surface area (Å²) in [5, 5.41) is 13.9. The lowest BCUT2D eigenvalue weighted by Crippen LogP contribution is -2.44. The third kappa shape index (κ3) is 1.86. The third-order valence-electron chi connectivity index (χ3n) is 2.53. The highest BCUT2D eigenvalue weighted by Gasteiger charge is 2.34. The van der Waals surface area contributed by atoms with Crippen molar-refractivity contribution in [2.45, 2.75) is 13.0 Å². The molecule has 2 unspecified atom stereocenters. The second kappa shape index (κ2) is 4.09. The van der Waals surface area contributed by atoms with Gasteiger partial charge in [0.25, 0.3) is 0 Å². The first-order valence-electron chi connectivity index (χ1n) is 4.88. The van der Waals surface area contributed by atoms with Gasteiger partial charge in [-0.2, -0.15) is 0 Å². The molecule has 4 nitrogen and oxygen atoms in total. The van der Waals surface area contributed by atoms with Gasteiger partial charge >= 0.3 is 5.97 Å². The summed E-state index contributed by atoms with van der Waals surface area (Å²) in [5.41, 5.74) is 0.713. The van der Waals surface area contributed by atoms with Crippen LogP contribution in [0.15, 0.2) is 23.6 Å². The summed E-state index contributed by atoms with van der Waals surface area (Å²) in [6, 6.07) is 3.40. The Morgan fingerprint density at radius 1 is 1.56 bits per heavy atom. The highest BCUT2D eigenvalue weighted by molar-refractivity contribution is 7.11. The van der Waals surface area contributed by atoms with E-state index in [2.05, 4.69) is 5.32 Å². The summed E-state index contributed by atoms with van der Waals surface area (Å²) in [5.74, 6) is -2.41. The normalized spacial score (nSPS) is 24.8. The molecule has 2 rings (SSSR count). The molecule has 0 fully saturated rings. The second-order valence-electron chi connectivity index (χ2n) is 3.69. The number of carboxylic acid groups (broad SMARTS) is 1. The van der Waals surface area contributed by atoms with Crippen LogP contribution in [0.25, 0.3) is 5.70 Å². The molecule has 0 saturated heterocycles. The van der Waals surface area contributed by atoms with Crippen LogP contribution in [0.1, 0.15) is 11.8 Å². The zero-order chi connectivity index (χ0) is 11.7. The van der Waals surface area contributed by atoms with E-state index in [1.165, 1.54) is 17.4 Å². The van der Waals surface area contributed by atoms with Crippen LogP contribution in [0.3, 0.4) is 0 Å². The molecular weight excluding hydrogens is 226 g/mol. The lowest BCUT2D eigenvalue weighted by atomic mass is 9.92. The first-order chi connectivity index (χ1) is 7.59. The van der Waals surface area contributed by atoms with Crippen LogP contribution < -0.4 is 5.32 Å². The molecule has 0 saturated carbocycles. The Hall–Kier alpha value is -1.62.